The SMILES string of the molecule is Cc1cccn2c(=O)cc(CN3CCCn4nc([C@@H](O)CO)cc4C3)nc12. The predicted octanol–water partition coefficient (Wildman–Crippen LogP) is 0.631. The van der Waals surface area contributed by atoms with Gasteiger partial charge in [0.05, 0.1) is 23.7 Å². The molecule has 8 nitrogen and oxygen atoms in total. The molecule has 0 saturated carbocycles. The monoisotopic (exact) mass is 369 g/mol. The highest BCUT2D eigenvalue weighted by Crippen LogP contribution is 2.19. The Bertz CT molecular complexity index is 1030. The van der Waals surface area contributed by atoms with Crippen LogP contribution < -0.4 is 5.56 Å². The third-order valence-electron chi connectivity index (χ3n) is 4.95. The first-order valence-corrected chi connectivity index (χ1v) is 9.11. The van der Waals surface area contributed by atoms with Crippen LogP contribution in [0.1, 0.15) is 35.2 Å². The van der Waals surface area contributed by atoms with Gasteiger partial charge in [-0.15, -0.1) is 0 Å². The molecule has 142 valence electrons. The molecule has 2 N–H and O–H groups in total. The summed E-state index contributed by atoms with van der Waals surface area (Å²) in [4.78, 5) is 19.3. The summed E-state index contributed by atoms with van der Waals surface area (Å²) >= 11 is 0. The summed E-state index contributed by atoms with van der Waals surface area (Å²) in [6.07, 6.45) is 1.69. The number of aliphatic hydroxyl groups excluding tert-OH is 2. The van der Waals surface area contributed by atoms with Crippen LogP contribution in [0.25, 0.3) is 5.65 Å². The van der Waals surface area contributed by atoms with Crippen molar-refractivity contribution in [1.82, 2.24) is 24.1 Å². The van der Waals surface area contributed by atoms with Gasteiger partial charge in [0.25, 0.3) is 5.56 Å². The maximum Gasteiger partial charge on any atom is 0.258 e. The molecule has 8 heteroatoms. The number of pyridine rings is 1. The minimum Gasteiger partial charge on any atom is -0.393 e. The van der Waals surface area contributed by atoms with Crippen molar-refractivity contribution in [3.63, 3.8) is 0 Å². The van der Waals surface area contributed by atoms with Crippen molar-refractivity contribution in [3.05, 3.63) is 63.5 Å². The highest BCUT2D eigenvalue weighted by atomic mass is 16.3. The Labute approximate surface area is 156 Å². The fourth-order valence-electron chi connectivity index (χ4n) is 3.56. The topological polar surface area (TPSA) is 95.9 Å². The summed E-state index contributed by atoms with van der Waals surface area (Å²) in [5.74, 6) is 0. The van der Waals surface area contributed by atoms with Crippen LogP contribution in [0.2, 0.25) is 0 Å². The quantitative estimate of drug-likeness (QED) is 0.700. The lowest BCUT2D eigenvalue weighted by molar-refractivity contribution is 0.0916. The van der Waals surface area contributed by atoms with Crippen molar-refractivity contribution in [2.24, 2.45) is 0 Å². The highest BCUT2D eigenvalue weighted by molar-refractivity contribution is 5.46. The van der Waals surface area contributed by atoms with E-state index in [0.717, 1.165) is 36.5 Å². The first-order chi connectivity index (χ1) is 13.0. The molecular weight excluding hydrogens is 346 g/mol. The zero-order chi connectivity index (χ0) is 19.0. The van der Waals surface area contributed by atoms with Crippen LogP contribution in [0, 0.1) is 6.92 Å². The molecule has 0 radical (unpaired) electrons. The van der Waals surface area contributed by atoms with Crippen LogP contribution in [0.15, 0.2) is 35.3 Å². The minimum absolute atomic E-state index is 0.0769. The highest BCUT2D eigenvalue weighted by Gasteiger charge is 2.20. The van der Waals surface area contributed by atoms with E-state index in [1.165, 1.54) is 0 Å². The number of nitrogens with zero attached hydrogens (tertiary/aromatic N) is 5. The third-order valence-corrected chi connectivity index (χ3v) is 4.95. The van der Waals surface area contributed by atoms with Gasteiger partial charge in [-0.2, -0.15) is 5.10 Å². The Balaban J connectivity index is 1.59. The summed E-state index contributed by atoms with van der Waals surface area (Å²) in [6, 6.07) is 7.23. The first kappa shape index (κ1) is 17.8. The van der Waals surface area contributed by atoms with E-state index < -0.39 is 6.10 Å². The van der Waals surface area contributed by atoms with E-state index in [0.29, 0.717) is 24.4 Å². The molecule has 1 aliphatic heterocycles. The predicted molar refractivity (Wildman–Crippen MR) is 99.2 cm³/mol. The summed E-state index contributed by atoms with van der Waals surface area (Å²) in [5.41, 5.74) is 3.81. The van der Waals surface area contributed by atoms with Crippen molar-refractivity contribution in [3.8, 4) is 0 Å². The molecule has 0 bridgehead atoms. The van der Waals surface area contributed by atoms with Crippen molar-refractivity contribution in [2.45, 2.75) is 39.1 Å². The largest absolute Gasteiger partial charge is 0.393 e. The van der Waals surface area contributed by atoms with Crippen molar-refractivity contribution < 1.29 is 10.2 Å². The average molecular weight is 369 g/mol. The van der Waals surface area contributed by atoms with Gasteiger partial charge in [0.2, 0.25) is 0 Å². The normalized spacial score (nSPS) is 16.3. The summed E-state index contributed by atoms with van der Waals surface area (Å²) < 4.78 is 3.46. The summed E-state index contributed by atoms with van der Waals surface area (Å²) in [7, 11) is 0. The fourth-order valence-corrected chi connectivity index (χ4v) is 3.56. The molecule has 3 aromatic rings. The molecule has 0 amide bonds. The maximum absolute atomic E-state index is 12.4. The number of fused-ring (bicyclic) bond motifs is 2. The van der Waals surface area contributed by atoms with Gasteiger partial charge in [0, 0.05) is 38.4 Å². The van der Waals surface area contributed by atoms with Crippen LogP contribution in [0.4, 0.5) is 0 Å². The van der Waals surface area contributed by atoms with E-state index in [4.69, 9.17) is 5.11 Å². The van der Waals surface area contributed by atoms with E-state index in [1.807, 2.05) is 29.8 Å². The number of hydrogen-bond acceptors (Lipinski definition) is 6. The van der Waals surface area contributed by atoms with Gasteiger partial charge in [0.15, 0.2) is 0 Å². The van der Waals surface area contributed by atoms with Gasteiger partial charge in [-0.25, -0.2) is 4.98 Å². The molecule has 3 aromatic heterocycles. The molecule has 0 fully saturated rings. The van der Waals surface area contributed by atoms with Gasteiger partial charge in [-0.1, -0.05) is 6.07 Å². The average Bonchev–Trinajstić information content (AvgIpc) is 2.95. The van der Waals surface area contributed by atoms with Crippen molar-refractivity contribution in [2.75, 3.05) is 13.2 Å². The van der Waals surface area contributed by atoms with Crippen LogP contribution >= 0.6 is 0 Å². The molecule has 4 heterocycles. The first-order valence-electron chi connectivity index (χ1n) is 9.11. The molecule has 0 aromatic carbocycles. The number of aromatic nitrogens is 4. The van der Waals surface area contributed by atoms with E-state index in [1.54, 1.807) is 16.7 Å². The van der Waals surface area contributed by atoms with E-state index in [2.05, 4.69) is 15.0 Å². The Morgan fingerprint density at radius 1 is 1.30 bits per heavy atom. The number of rotatable bonds is 4. The molecule has 27 heavy (non-hydrogen) atoms. The minimum atomic E-state index is -0.956. The summed E-state index contributed by atoms with van der Waals surface area (Å²) in [6.45, 7) is 4.46. The second kappa shape index (κ2) is 7.22. The second-order valence-electron chi connectivity index (χ2n) is 7.02. The fraction of sp³-hybridized carbons (Fsp3) is 0.421. The Morgan fingerprint density at radius 3 is 2.96 bits per heavy atom. The zero-order valence-electron chi connectivity index (χ0n) is 15.2. The summed E-state index contributed by atoms with van der Waals surface area (Å²) in [5, 5.41) is 23.4. The molecule has 0 aliphatic carbocycles. The van der Waals surface area contributed by atoms with Gasteiger partial charge in [-0.3, -0.25) is 18.8 Å². The van der Waals surface area contributed by atoms with Gasteiger partial charge in [0.1, 0.15) is 11.8 Å². The molecule has 0 spiro atoms. The Kier molecular flexibility index (Phi) is 4.77. The second-order valence-corrected chi connectivity index (χ2v) is 7.02. The zero-order valence-corrected chi connectivity index (χ0v) is 15.2. The van der Waals surface area contributed by atoms with E-state index in [-0.39, 0.29) is 12.2 Å². The van der Waals surface area contributed by atoms with Gasteiger partial charge < -0.3 is 10.2 Å². The van der Waals surface area contributed by atoms with Gasteiger partial charge in [-0.05, 0) is 31.0 Å². The van der Waals surface area contributed by atoms with Crippen LogP contribution in [-0.2, 0) is 19.6 Å². The Morgan fingerprint density at radius 2 is 2.15 bits per heavy atom. The molecule has 0 saturated heterocycles. The lowest BCUT2D eigenvalue weighted by Gasteiger charge is -2.19. The number of hydrogen-bond donors (Lipinski definition) is 2. The Hall–Kier alpha value is -2.55. The lowest BCUT2D eigenvalue weighted by atomic mass is 10.2. The molecule has 4 rings (SSSR count). The molecule has 1 aliphatic rings. The van der Waals surface area contributed by atoms with Crippen LogP contribution in [-0.4, -0.2) is 47.4 Å². The molecule has 0 unspecified atom stereocenters. The van der Waals surface area contributed by atoms with Gasteiger partial charge >= 0.3 is 0 Å². The third kappa shape index (κ3) is 3.51. The maximum atomic E-state index is 12.4. The van der Waals surface area contributed by atoms with Crippen molar-refractivity contribution in [1.29, 1.82) is 0 Å². The van der Waals surface area contributed by atoms with E-state index >= 15 is 0 Å². The molecular formula is C19H23N5O3. The van der Waals surface area contributed by atoms with Crippen LogP contribution in [0.5, 0.6) is 0 Å². The molecule has 1 atom stereocenters. The number of aliphatic hydroxyl groups is 2. The van der Waals surface area contributed by atoms with Crippen LogP contribution in [0.3, 0.4) is 0 Å². The smallest absolute Gasteiger partial charge is 0.258 e. The van der Waals surface area contributed by atoms with Crippen molar-refractivity contribution >= 4 is 5.65 Å². The lowest BCUT2D eigenvalue weighted by Crippen LogP contribution is -2.25. The number of aryl methyl sites for hydroxylation is 2. The standard InChI is InChI=1S/C19H23N5O3/c1-13-4-2-6-23-18(27)8-14(20-19(13)23)10-22-5-3-7-24-15(11-22)9-16(21-24)17(26)12-25/h2,4,6,8-9,17,25-26H,3,5,7,10-12H2,1H3/t17-/m0/s1. The van der Waals surface area contributed by atoms with E-state index in [9.17, 15) is 9.90 Å².